The molecule has 0 aliphatic carbocycles. The standard InChI is InChI=1S/C11H10N2O2/c1-13(8-9(7-12)11(14)15)10-5-3-2-4-6-10/h2-6,8H,1H3,(H,14,15)/b9-8+. The zero-order valence-electron chi connectivity index (χ0n) is 8.21. The summed E-state index contributed by atoms with van der Waals surface area (Å²) in [4.78, 5) is 12.2. The summed E-state index contributed by atoms with van der Waals surface area (Å²) in [5.74, 6) is -1.22. The van der Waals surface area contributed by atoms with Crippen molar-refractivity contribution in [3.8, 4) is 6.07 Å². The molecule has 0 spiro atoms. The molecule has 0 aliphatic rings. The fourth-order valence-electron chi connectivity index (χ4n) is 1.06. The van der Waals surface area contributed by atoms with E-state index in [0.29, 0.717) is 0 Å². The highest BCUT2D eigenvalue weighted by Crippen LogP contribution is 2.12. The van der Waals surface area contributed by atoms with Gasteiger partial charge in [0.2, 0.25) is 0 Å². The van der Waals surface area contributed by atoms with E-state index in [1.165, 1.54) is 6.20 Å². The Morgan fingerprint density at radius 2 is 2.07 bits per heavy atom. The predicted molar refractivity (Wildman–Crippen MR) is 56.2 cm³/mol. The van der Waals surface area contributed by atoms with Gasteiger partial charge >= 0.3 is 5.97 Å². The highest BCUT2D eigenvalue weighted by molar-refractivity contribution is 5.91. The third-order valence-electron chi connectivity index (χ3n) is 1.84. The third kappa shape index (κ3) is 2.85. The summed E-state index contributed by atoms with van der Waals surface area (Å²) in [6, 6.07) is 10.8. The van der Waals surface area contributed by atoms with Crippen molar-refractivity contribution in [2.45, 2.75) is 0 Å². The lowest BCUT2D eigenvalue weighted by atomic mass is 10.3. The summed E-state index contributed by atoms with van der Waals surface area (Å²) in [7, 11) is 1.69. The number of anilines is 1. The SMILES string of the molecule is CN(/C=C(\C#N)C(=O)O)c1ccccc1. The van der Waals surface area contributed by atoms with E-state index in [9.17, 15) is 4.79 Å². The maximum atomic E-state index is 10.6. The number of hydrogen-bond acceptors (Lipinski definition) is 3. The Labute approximate surface area is 87.7 Å². The van der Waals surface area contributed by atoms with Crippen LogP contribution in [0.3, 0.4) is 0 Å². The van der Waals surface area contributed by atoms with E-state index in [-0.39, 0.29) is 5.57 Å². The van der Waals surface area contributed by atoms with Gasteiger partial charge in [0.25, 0.3) is 0 Å². The summed E-state index contributed by atoms with van der Waals surface area (Å²) < 4.78 is 0. The van der Waals surface area contributed by atoms with Gasteiger partial charge in [-0.15, -0.1) is 0 Å². The number of hydrogen-bond donors (Lipinski definition) is 1. The van der Waals surface area contributed by atoms with Crippen LogP contribution in [0.1, 0.15) is 0 Å². The molecule has 1 aromatic carbocycles. The zero-order valence-corrected chi connectivity index (χ0v) is 8.21. The van der Waals surface area contributed by atoms with E-state index in [1.54, 1.807) is 18.0 Å². The van der Waals surface area contributed by atoms with Gasteiger partial charge in [0.15, 0.2) is 5.57 Å². The van der Waals surface area contributed by atoms with Crippen LogP contribution >= 0.6 is 0 Å². The average Bonchev–Trinajstić information content (AvgIpc) is 2.26. The number of carboxylic acids is 1. The van der Waals surface area contributed by atoms with Crippen molar-refractivity contribution < 1.29 is 9.90 Å². The van der Waals surface area contributed by atoms with Crippen LogP contribution < -0.4 is 4.90 Å². The van der Waals surface area contributed by atoms with Gasteiger partial charge in [-0.3, -0.25) is 0 Å². The van der Waals surface area contributed by atoms with Crippen molar-refractivity contribution in [2.24, 2.45) is 0 Å². The lowest BCUT2D eigenvalue weighted by molar-refractivity contribution is -0.132. The second-order valence-corrected chi connectivity index (χ2v) is 2.91. The van der Waals surface area contributed by atoms with Crippen LogP contribution in [0.5, 0.6) is 0 Å². The number of benzene rings is 1. The summed E-state index contributed by atoms with van der Waals surface area (Å²) in [5.41, 5.74) is 0.535. The summed E-state index contributed by atoms with van der Waals surface area (Å²) in [6.45, 7) is 0. The Kier molecular flexibility index (Phi) is 3.47. The van der Waals surface area contributed by atoms with Crippen molar-refractivity contribution in [2.75, 3.05) is 11.9 Å². The van der Waals surface area contributed by atoms with Gasteiger partial charge < -0.3 is 10.0 Å². The molecule has 1 N–H and O–H groups in total. The number of para-hydroxylation sites is 1. The molecule has 15 heavy (non-hydrogen) atoms. The Morgan fingerprint density at radius 1 is 1.47 bits per heavy atom. The van der Waals surface area contributed by atoms with Crippen molar-refractivity contribution in [1.29, 1.82) is 5.26 Å². The van der Waals surface area contributed by atoms with Gasteiger partial charge in [-0.1, -0.05) is 18.2 Å². The van der Waals surface area contributed by atoms with Gasteiger partial charge in [-0.05, 0) is 12.1 Å². The maximum Gasteiger partial charge on any atom is 0.347 e. The van der Waals surface area contributed by atoms with Crippen molar-refractivity contribution in [3.63, 3.8) is 0 Å². The smallest absolute Gasteiger partial charge is 0.347 e. The van der Waals surface area contributed by atoms with Gasteiger partial charge in [0.05, 0.1) is 0 Å². The van der Waals surface area contributed by atoms with Crippen LogP contribution in [0.15, 0.2) is 42.1 Å². The molecular formula is C11H10N2O2. The van der Waals surface area contributed by atoms with Gasteiger partial charge in [-0.2, -0.15) is 5.26 Å². The fraction of sp³-hybridized carbons (Fsp3) is 0.0909. The Bertz CT molecular complexity index is 418. The predicted octanol–water partition coefficient (Wildman–Crippen LogP) is 1.61. The molecular weight excluding hydrogens is 192 g/mol. The van der Waals surface area contributed by atoms with Crippen molar-refractivity contribution in [1.82, 2.24) is 0 Å². The molecule has 0 heterocycles. The maximum absolute atomic E-state index is 10.6. The molecule has 76 valence electrons. The molecule has 4 nitrogen and oxygen atoms in total. The molecule has 0 unspecified atom stereocenters. The number of aliphatic carboxylic acids is 1. The molecule has 0 aliphatic heterocycles. The average molecular weight is 202 g/mol. The molecule has 0 saturated heterocycles. The fourth-order valence-corrected chi connectivity index (χ4v) is 1.06. The molecule has 4 heteroatoms. The highest BCUT2D eigenvalue weighted by atomic mass is 16.4. The normalized spacial score (nSPS) is 10.5. The number of nitriles is 1. The van der Waals surface area contributed by atoms with E-state index in [0.717, 1.165) is 5.69 Å². The summed E-state index contributed by atoms with van der Waals surface area (Å²) in [5, 5.41) is 17.2. The topological polar surface area (TPSA) is 64.3 Å². The first-order valence-corrected chi connectivity index (χ1v) is 4.28. The van der Waals surface area contributed by atoms with Gasteiger partial charge in [0, 0.05) is 18.9 Å². The lowest BCUT2D eigenvalue weighted by Crippen LogP contribution is -2.11. The molecule has 0 aromatic heterocycles. The number of nitrogens with zero attached hydrogens (tertiary/aromatic N) is 2. The molecule has 1 aromatic rings. The quantitative estimate of drug-likeness (QED) is 0.597. The molecule has 0 saturated carbocycles. The van der Waals surface area contributed by atoms with E-state index >= 15 is 0 Å². The van der Waals surface area contributed by atoms with Crippen molar-refractivity contribution in [3.05, 3.63) is 42.1 Å². The Hall–Kier alpha value is -2.28. The molecule has 0 amide bonds. The van der Waals surface area contributed by atoms with Crippen LogP contribution in [-0.2, 0) is 4.79 Å². The molecule has 0 fully saturated rings. The second-order valence-electron chi connectivity index (χ2n) is 2.91. The number of carboxylic acid groups (broad SMARTS) is 1. The van der Waals surface area contributed by atoms with Gasteiger partial charge in [0.1, 0.15) is 6.07 Å². The highest BCUT2D eigenvalue weighted by Gasteiger charge is 2.07. The van der Waals surface area contributed by atoms with E-state index in [2.05, 4.69) is 0 Å². The van der Waals surface area contributed by atoms with Crippen molar-refractivity contribution >= 4 is 11.7 Å². The Morgan fingerprint density at radius 3 is 2.53 bits per heavy atom. The van der Waals surface area contributed by atoms with E-state index < -0.39 is 5.97 Å². The number of rotatable bonds is 3. The van der Waals surface area contributed by atoms with Crippen LogP contribution in [0.25, 0.3) is 0 Å². The second kappa shape index (κ2) is 4.82. The van der Waals surface area contributed by atoms with Crippen LogP contribution in [-0.4, -0.2) is 18.1 Å². The first-order valence-electron chi connectivity index (χ1n) is 4.28. The molecule has 0 radical (unpaired) electrons. The van der Waals surface area contributed by atoms with E-state index in [4.69, 9.17) is 10.4 Å². The Balaban J connectivity index is 2.93. The van der Waals surface area contributed by atoms with E-state index in [1.807, 2.05) is 30.3 Å². The van der Waals surface area contributed by atoms with Gasteiger partial charge in [-0.25, -0.2) is 4.79 Å². The summed E-state index contributed by atoms with van der Waals surface area (Å²) >= 11 is 0. The lowest BCUT2D eigenvalue weighted by Gasteiger charge is -2.13. The molecule has 0 atom stereocenters. The monoisotopic (exact) mass is 202 g/mol. The molecule has 1 rings (SSSR count). The first kappa shape index (κ1) is 10.8. The first-order chi connectivity index (χ1) is 7.15. The third-order valence-corrected chi connectivity index (χ3v) is 1.84. The minimum Gasteiger partial charge on any atom is -0.477 e. The molecule has 0 bridgehead atoms. The van der Waals surface area contributed by atoms with Crippen LogP contribution in [0.2, 0.25) is 0 Å². The minimum atomic E-state index is -1.22. The summed E-state index contributed by atoms with van der Waals surface area (Å²) in [6.07, 6.45) is 1.29. The largest absolute Gasteiger partial charge is 0.477 e. The zero-order chi connectivity index (χ0) is 11.3. The van der Waals surface area contributed by atoms with Crippen LogP contribution in [0, 0.1) is 11.3 Å². The minimum absolute atomic E-state index is 0.290. The van der Waals surface area contributed by atoms with Crippen LogP contribution in [0.4, 0.5) is 5.69 Å². The number of carbonyl (C=O) groups is 1.